The summed E-state index contributed by atoms with van der Waals surface area (Å²) in [5.74, 6) is -0.775. The number of nitrogens with one attached hydrogen (secondary N) is 2. The number of benzene rings is 1. The molecule has 1 aromatic carbocycles. The molecule has 0 spiro atoms. The van der Waals surface area contributed by atoms with E-state index in [4.69, 9.17) is 0 Å². The van der Waals surface area contributed by atoms with Crippen molar-refractivity contribution < 1.29 is 19.8 Å². The number of carbonyl (C=O) groups excluding carboxylic acids is 2. The Hall–Kier alpha value is -2.76. The van der Waals surface area contributed by atoms with E-state index >= 15 is 0 Å². The summed E-state index contributed by atoms with van der Waals surface area (Å²) in [5.41, 5.74) is 1.90. The van der Waals surface area contributed by atoms with Gasteiger partial charge in [-0.25, -0.2) is 0 Å². The lowest BCUT2D eigenvalue weighted by atomic mass is 9.86. The van der Waals surface area contributed by atoms with Crippen molar-refractivity contribution in [3.05, 3.63) is 41.2 Å². The van der Waals surface area contributed by atoms with E-state index < -0.39 is 5.91 Å². The molecule has 1 aliphatic rings. The summed E-state index contributed by atoms with van der Waals surface area (Å²) in [6.45, 7) is 2.00. The van der Waals surface area contributed by atoms with Gasteiger partial charge in [-0.15, -0.1) is 0 Å². The lowest BCUT2D eigenvalue weighted by Crippen LogP contribution is -2.21. The van der Waals surface area contributed by atoms with Crippen LogP contribution in [0, 0.1) is 5.92 Å². The SMILES string of the molecule is CC1CC(=O)c2c(C(=O)Nc3ccc(O)c(O)c3)c[nH]c2C1. The summed E-state index contributed by atoms with van der Waals surface area (Å²) in [5, 5.41) is 21.3. The summed E-state index contributed by atoms with van der Waals surface area (Å²) >= 11 is 0. The molecule has 1 aliphatic carbocycles. The van der Waals surface area contributed by atoms with Crippen LogP contribution in [0.1, 0.15) is 39.8 Å². The smallest absolute Gasteiger partial charge is 0.257 e. The quantitative estimate of drug-likeness (QED) is 0.505. The van der Waals surface area contributed by atoms with Crippen LogP contribution in [0.4, 0.5) is 5.69 Å². The number of aromatic hydroxyl groups is 2. The number of amides is 1. The van der Waals surface area contributed by atoms with Crippen LogP contribution in [-0.2, 0) is 6.42 Å². The lowest BCUT2D eigenvalue weighted by molar-refractivity contribution is 0.0940. The fourth-order valence-electron chi connectivity index (χ4n) is 2.76. The molecule has 0 bridgehead atoms. The summed E-state index contributed by atoms with van der Waals surface area (Å²) in [4.78, 5) is 27.5. The first kappa shape index (κ1) is 14.2. The molecule has 0 saturated carbocycles. The zero-order valence-electron chi connectivity index (χ0n) is 12.0. The Morgan fingerprint density at radius 1 is 1.27 bits per heavy atom. The number of carbonyl (C=O) groups is 2. The van der Waals surface area contributed by atoms with E-state index in [1.54, 1.807) is 0 Å². The van der Waals surface area contributed by atoms with E-state index in [2.05, 4.69) is 10.3 Å². The Balaban J connectivity index is 1.87. The molecule has 0 fully saturated rings. The second-order valence-corrected chi connectivity index (χ2v) is 5.65. The molecule has 6 nitrogen and oxygen atoms in total. The van der Waals surface area contributed by atoms with Crippen LogP contribution >= 0.6 is 0 Å². The minimum absolute atomic E-state index is 0.0336. The van der Waals surface area contributed by atoms with Crippen LogP contribution in [0.3, 0.4) is 0 Å². The number of rotatable bonds is 2. The maximum absolute atomic E-state index is 12.3. The number of aromatic nitrogens is 1. The largest absolute Gasteiger partial charge is 0.504 e. The number of phenolic OH excluding ortho intramolecular Hbond substituents is 2. The molecular weight excluding hydrogens is 284 g/mol. The molecule has 114 valence electrons. The molecule has 2 aromatic rings. The molecule has 1 atom stereocenters. The highest BCUT2D eigenvalue weighted by Gasteiger charge is 2.29. The minimum atomic E-state index is -0.425. The van der Waals surface area contributed by atoms with E-state index in [0.717, 1.165) is 12.1 Å². The first-order valence-corrected chi connectivity index (χ1v) is 7.02. The van der Waals surface area contributed by atoms with Gasteiger partial charge < -0.3 is 20.5 Å². The highest BCUT2D eigenvalue weighted by atomic mass is 16.3. The number of ketones is 1. The normalized spacial score (nSPS) is 17.1. The van der Waals surface area contributed by atoms with Crippen LogP contribution in [0.2, 0.25) is 0 Å². The Bertz CT molecular complexity index is 764. The zero-order valence-corrected chi connectivity index (χ0v) is 12.0. The Labute approximate surface area is 126 Å². The van der Waals surface area contributed by atoms with Gasteiger partial charge in [0.2, 0.25) is 0 Å². The van der Waals surface area contributed by atoms with E-state index in [1.807, 2.05) is 6.92 Å². The second kappa shape index (κ2) is 5.22. The van der Waals surface area contributed by atoms with Gasteiger partial charge in [0, 0.05) is 30.1 Å². The molecule has 1 aromatic heterocycles. The highest BCUT2D eigenvalue weighted by Crippen LogP contribution is 2.30. The monoisotopic (exact) mass is 300 g/mol. The van der Waals surface area contributed by atoms with Crippen molar-refractivity contribution in [2.24, 2.45) is 5.92 Å². The molecule has 0 saturated heterocycles. The molecule has 1 amide bonds. The average Bonchev–Trinajstić information content (AvgIpc) is 2.87. The van der Waals surface area contributed by atoms with E-state index in [0.29, 0.717) is 23.2 Å². The summed E-state index contributed by atoms with van der Waals surface area (Å²) in [6, 6.07) is 4.00. The third-order valence-corrected chi connectivity index (χ3v) is 3.81. The Morgan fingerprint density at radius 3 is 2.77 bits per heavy atom. The third-order valence-electron chi connectivity index (χ3n) is 3.81. The predicted molar refractivity (Wildman–Crippen MR) is 80.3 cm³/mol. The first-order valence-electron chi connectivity index (χ1n) is 7.02. The molecule has 4 N–H and O–H groups in total. The van der Waals surface area contributed by atoms with Crippen LogP contribution in [0.5, 0.6) is 11.5 Å². The van der Waals surface area contributed by atoms with E-state index in [-0.39, 0.29) is 23.2 Å². The van der Waals surface area contributed by atoms with Crippen LogP contribution in [0.25, 0.3) is 0 Å². The van der Waals surface area contributed by atoms with Crippen LogP contribution in [0.15, 0.2) is 24.4 Å². The average molecular weight is 300 g/mol. The minimum Gasteiger partial charge on any atom is -0.504 e. The van der Waals surface area contributed by atoms with Crippen molar-refractivity contribution in [3.8, 4) is 11.5 Å². The molecular formula is C16H16N2O4. The zero-order chi connectivity index (χ0) is 15.9. The number of fused-ring (bicyclic) bond motifs is 1. The molecule has 22 heavy (non-hydrogen) atoms. The van der Waals surface area contributed by atoms with Crippen molar-refractivity contribution >= 4 is 17.4 Å². The topological polar surface area (TPSA) is 102 Å². The number of aromatic amines is 1. The van der Waals surface area contributed by atoms with Gasteiger partial charge in [-0.2, -0.15) is 0 Å². The Kier molecular flexibility index (Phi) is 3.36. The molecule has 0 aliphatic heterocycles. The standard InChI is InChI=1S/C16H16N2O4/c1-8-4-11-15(14(21)5-8)10(7-17-11)16(22)18-9-2-3-12(19)13(20)6-9/h2-3,6-8,17,19-20H,4-5H2,1H3,(H,18,22). The van der Waals surface area contributed by atoms with Crippen molar-refractivity contribution in [1.29, 1.82) is 0 Å². The molecule has 6 heteroatoms. The third kappa shape index (κ3) is 2.43. The predicted octanol–water partition coefficient (Wildman–Crippen LogP) is 2.44. The number of phenols is 2. The molecule has 0 radical (unpaired) electrons. The molecule has 3 rings (SSSR count). The summed E-state index contributed by atoms with van der Waals surface area (Å²) in [7, 11) is 0. The van der Waals surface area contributed by atoms with Crippen molar-refractivity contribution in [3.63, 3.8) is 0 Å². The van der Waals surface area contributed by atoms with Crippen LogP contribution < -0.4 is 5.32 Å². The van der Waals surface area contributed by atoms with Crippen molar-refractivity contribution in [2.75, 3.05) is 5.32 Å². The lowest BCUT2D eigenvalue weighted by Gasteiger charge is -2.17. The highest BCUT2D eigenvalue weighted by molar-refractivity contribution is 6.13. The van der Waals surface area contributed by atoms with Gasteiger partial charge in [-0.05, 0) is 24.5 Å². The maximum atomic E-state index is 12.3. The van der Waals surface area contributed by atoms with Gasteiger partial charge in [-0.3, -0.25) is 9.59 Å². The van der Waals surface area contributed by atoms with Crippen LogP contribution in [-0.4, -0.2) is 26.9 Å². The number of hydrogen-bond acceptors (Lipinski definition) is 4. The van der Waals surface area contributed by atoms with E-state index in [9.17, 15) is 19.8 Å². The van der Waals surface area contributed by atoms with Gasteiger partial charge in [0.1, 0.15) is 0 Å². The van der Waals surface area contributed by atoms with Gasteiger partial charge >= 0.3 is 0 Å². The number of anilines is 1. The number of Topliss-reactive ketones (excluding diaryl/α,β-unsaturated/α-hetero) is 1. The van der Waals surface area contributed by atoms with Gasteiger partial charge in [0.05, 0.1) is 11.1 Å². The molecule has 1 unspecified atom stereocenters. The van der Waals surface area contributed by atoms with Gasteiger partial charge in [0.25, 0.3) is 5.91 Å². The summed E-state index contributed by atoms with van der Waals surface area (Å²) in [6.07, 6.45) is 2.72. The second-order valence-electron chi connectivity index (χ2n) is 5.65. The first-order chi connectivity index (χ1) is 10.5. The fraction of sp³-hybridized carbons (Fsp3) is 0.250. The van der Waals surface area contributed by atoms with Crippen molar-refractivity contribution in [2.45, 2.75) is 19.8 Å². The molecule has 1 heterocycles. The maximum Gasteiger partial charge on any atom is 0.257 e. The van der Waals surface area contributed by atoms with Gasteiger partial charge in [-0.1, -0.05) is 6.92 Å². The number of hydrogen-bond donors (Lipinski definition) is 4. The van der Waals surface area contributed by atoms with Crippen molar-refractivity contribution in [1.82, 2.24) is 4.98 Å². The number of H-pyrrole nitrogens is 1. The Morgan fingerprint density at radius 2 is 2.05 bits per heavy atom. The van der Waals surface area contributed by atoms with E-state index in [1.165, 1.54) is 24.4 Å². The van der Waals surface area contributed by atoms with Gasteiger partial charge in [0.15, 0.2) is 17.3 Å². The fourth-order valence-corrected chi connectivity index (χ4v) is 2.76. The summed E-state index contributed by atoms with van der Waals surface area (Å²) < 4.78 is 0.